The minimum atomic E-state index is -1.15. The molecule has 0 saturated heterocycles. The molecule has 1 aromatic carbocycles. The summed E-state index contributed by atoms with van der Waals surface area (Å²) in [4.78, 5) is 35.3. The summed E-state index contributed by atoms with van der Waals surface area (Å²) in [6.07, 6.45) is 0.316. The minimum absolute atomic E-state index is 0.0934. The van der Waals surface area contributed by atoms with Crippen LogP contribution in [0.15, 0.2) is 24.3 Å². The molecule has 1 aliphatic rings. The zero-order valence-corrected chi connectivity index (χ0v) is 15.5. The first-order valence-corrected chi connectivity index (χ1v) is 8.67. The lowest BCUT2D eigenvalue weighted by Crippen LogP contribution is -2.44. The van der Waals surface area contributed by atoms with Gasteiger partial charge >= 0.3 is 12.1 Å². The third kappa shape index (κ3) is 6.06. The van der Waals surface area contributed by atoms with Gasteiger partial charge in [-0.25, -0.2) is 9.59 Å². The van der Waals surface area contributed by atoms with Crippen molar-refractivity contribution < 1.29 is 24.2 Å². The molecule has 0 unspecified atom stereocenters. The van der Waals surface area contributed by atoms with E-state index in [9.17, 15) is 19.5 Å². The maximum atomic E-state index is 12.1. The third-order valence-electron chi connectivity index (χ3n) is 4.07. The SMILES string of the molecule is C[C@H]1C[C@@H]1NC(=O)c1ccc(C[C@H](NC(=O)OC(C)(C)C)C(=O)O)cc1. The Labute approximate surface area is 153 Å². The normalized spacial score (nSPS) is 20.0. The van der Waals surface area contributed by atoms with Crippen LogP contribution < -0.4 is 10.6 Å². The zero-order valence-electron chi connectivity index (χ0n) is 15.5. The predicted octanol–water partition coefficient (Wildman–Crippen LogP) is 2.35. The van der Waals surface area contributed by atoms with Crippen LogP contribution in [-0.2, 0) is 16.0 Å². The molecule has 1 fully saturated rings. The van der Waals surface area contributed by atoms with Crippen LogP contribution in [0.1, 0.15) is 50.0 Å². The number of amides is 2. The summed E-state index contributed by atoms with van der Waals surface area (Å²) < 4.78 is 5.09. The molecule has 2 amide bonds. The number of aliphatic carboxylic acids is 1. The fraction of sp³-hybridized carbons (Fsp3) is 0.526. The number of carboxylic acids is 1. The number of alkyl carbamates (subject to hydrolysis) is 1. The van der Waals surface area contributed by atoms with Crippen molar-refractivity contribution >= 4 is 18.0 Å². The van der Waals surface area contributed by atoms with Gasteiger partial charge in [0.05, 0.1) is 0 Å². The second-order valence-electron chi connectivity index (χ2n) is 7.73. The van der Waals surface area contributed by atoms with Gasteiger partial charge in [-0.1, -0.05) is 19.1 Å². The Hall–Kier alpha value is -2.57. The van der Waals surface area contributed by atoms with Crippen molar-refractivity contribution in [2.75, 3.05) is 0 Å². The average Bonchev–Trinajstić information content (AvgIpc) is 3.20. The molecule has 7 heteroatoms. The first-order valence-electron chi connectivity index (χ1n) is 8.67. The van der Waals surface area contributed by atoms with Crippen molar-refractivity contribution in [3.63, 3.8) is 0 Å². The van der Waals surface area contributed by atoms with E-state index in [1.54, 1.807) is 45.0 Å². The van der Waals surface area contributed by atoms with E-state index in [1.165, 1.54) is 0 Å². The summed E-state index contributed by atoms with van der Waals surface area (Å²) in [5.41, 5.74) is 0.519. The molecule has 1 saturated carbocycles. The van der Waals surface area contributed by atoms with Crippen LogP contribution in [0.2, 0.25) is 0 Å². The van der Waals surface area contributed by atoms with Gasteiger partial charge < -0.3 is 20.5 Å². The maximum Gasteiger partial charge on any atom is 0.408 e. The molecular weight excluding hydrogens is 336 g/mol. The van der Waals surface area contributed by atoms with E-state index in [4.69, 9.17) is 4.74 Å². The van der Waals surface area contributed by atoms with E-state index < -0.39 is 23.7 Å². The van der Waals surface area contributed by atoms with Gasteiger partial charge in [0.15, 0.2) is 0 Å². The zero-order chi connectivity index (χ0) is 19.5. The highest BCUT2D eigenvalue weighted by Crippen LogP contribution is 2.29. The second kappa shape index (κ2) is 7.76. The summed E-state index contributed by atoms with van der Waals surface area (Å²) in [5, 5.41) is 14.6. The molecule has 142 valence electrons. The smallest absolute Gasteiger partial charge is 0.408 e. The Balaban J connectivity index is 1.94. The van der Waals surface area contributed by atoms with Crippen molar-refractivity contribution in [3.05, 3.63) is 35.4 Å². The lowest BCUT2D eigenvalue weighted by Gasteiger charge is -2.22. The van der Waals surface area contributed by atoms with Crippen molar-refractivity contribution in [1.82, 2.24) is 10.6 Å². The monoisotopic (exact) mass is 362 g/mol. The van der Waals surface area contributed by atoms with Crippen molar-refractivity contribution in [2.24, 2.45) is 5.92 Å². The molecule has 0 heterocycles. The topological polar surface area (TPSA) is 105 Å². The van der Waals surface area contributed by atoms with E-state index in [0.717, 1.165) is 6.42 Å². The summed E-state index contributed by atoms with van der Waals surface area (Å²) in [5.74, 6) is -0.763. The first kappa shape index (κ1) is 19.8. The Morgan fingerprint density at radius 1 is 1.23 bits per heavy atom. The molecule has 1 aliphatic carbocycles. The van der Waals surface area contributed by atoms with Crippen molar-refractivity contribution in [2.45, 2.75) is 58.2 Å². The van der Waals surface area contributed by atoms with Gasteiger partial charge in [0.25, 0.3) is 5.91 Å². The van der Waals surface area contributed by atoms with E-state index in [2.05, 4.69) is 17.6 Å². The van der Waals surface area contributed by atoms with Gasteiger partial charge in [-0.2, -0.15) is 0 Å². The van der Waals surface area contributed by atoms with Gasteiger partial charge in [-0.15, -0.1) is 0 Å². The number of ether oxygens (including phenoxy) is 1. The lowest BCUT2D eigenvalue weighted by molar-refractivity contribution is -0.139. The number of hydrogen-bond donors (Lipinski definition) is 3. The molecule has 0 radical (unpaired) electrons. The molecule has 0 bridgehead atoms. The van der Waals surface area contributed by atoms with Crippen LogP contribution in [0, 0.1) is 5.92 Å². The molecule has 7 nitrogen and oxygen atoms in total. The molecular formula is C19H26N2O5. The third-order valence-corrected chi connectivity index (χ3v) is 4.07. The van der Waals surface area contributed by atoms with E-state index in [1.807, 2.05) is 0 Å². The molecule has 3 atom stereocenters. The Morgan fingerprint density at radius 2 is 1.81 bits per heavy atom. The fourth-order valence-corrected chi connectivity index (χ4v) is 2.45. The van der Waals surface area contributed by atoms with Gasteiger partial charge in [0, 0.05) is 18.0 Å². The summed E-state index contributed by atoms with van der Waals surface area (Å²) in [6.45, 7) is 7.19. The highest BCUT2D eigenvalue weighted by atomic mass is 16.6. The van der Waals surface area contributed by atoms with Crippen molar-refractivity contribution in [3.8, 4) is 0 Å². The molecule has 1 aromatic rings. The van der Waals surface area contributed by atoms with E-state index in [-0.39, 0.29) is 18.4 Å². The van der Waals surface area contributed by atoms with Crippen LogP contribution in [0.3, 0.4) is 0 Å². The van der Waals surface area contributed by atoms with Gasteiger partial charge in [0.1, 0.15) is 11.6 Å². The van der Waals surface area contributed by atoms with Crippen LogP contribution in [0.4, 0.5) is 4.79 Å². The molecule has 0 spiro atoms. The highest BCUT2D eigenvalue weighted by molar-refractivity contribution is 5.94. The van der Waals surface area contributed by atoms with Crippen molar-refractivity contribution in [1.29, 1.82) is 0 Å². The summed E-state index contributed by atoms with van der Waals surface area (Å²) in [7, 11) is 0. The molecule has 0 aliphatic heterocycles. The van der Waals surface area contributed by atoms with Gasteiger partial charge in [-0.3, -0.25) is 4.79 Å². The van der Waals surface area contributed by atoms with Crippen LogP contribution >= 0.6 is 0 Å². The van der Waals surface area contributed by atoms with Gasteiger partial charge in [0.2, 0.25) is 0 Å². The highest BCUT2D eigenvalue weighted by Gasteiger charge is 2.34. The number of carbonyl (C=O) groups excluding carboxylic acids is 2. The number of benzene rings is 1. The maximum absolute atomic E-state index is 12.1. The van der Waals surface area contributed by atoms with Crippen LogP contribution in [0.5, 0.6) is 0 Å². The number of carboxylic acid groups (broad SMARTS) is 1. The average molecular weight is 362 g/mol. The standard InChI is InChI=1S/C19H26N2O5/c1-11-9-14(11)20-16(22)13-7-5-12(6-8-13)10-15(17(23)24)21-18(25)26-19(2,3)4/h5-8,11,14-15H,9-10H2,1-4H3,(H,20,22)(H,21,25)(H,23,24)/t11-,14-,15-/m0/s1. The number of hydrogen-bond acceptors (Lipinski definition) is 4. The fourth-order valence-electron chi connectivity index (χ4n) is 2.45. The molecule has 3 N–H and O–H groups in total. The largest absolute Gasteiger partial charge is 0.480 e. The lowest BCUT2D eigenvalue weighted by atomic mass is 10.0. The molecule has 26 heavy (non-hydrogen) atoms. The number of nitrogens with one attached hydrogen (secondary N) is 2. The minimum Gasteiger partial charge on any atom is -0.480 e. The number of carbonyl (C=O) groups is 3. The molecule has 2 rings (SSSR count). The van der Waals surface area contributed by atoms with Crippen LogP contribution in [-0.4, -0.2) is 40.8 Å². The van der Waals surface area contributed by atoms with Crippen LogP contribution in [0.25, 0.3) is 0 Å². The quantitative estimate of drug-likeness (QED) is 0.720. The number of rotatable bonds is 6. The Bertz CT molecular complexity index is 678. The second-order valence-corrected chi connectivity index (χ2v) is 7.73. The van der Waals surface area contributed by atoms with E-state index in [0.29, 0.717) is 17.0 Å². The van der Waals surface area contributed by atoms with Gasteiger partial charge in [-0.05, 0) is 50.8 Å². The predicted molar refractivity (Wildman–Crippen MR) is 96.0 cm³/mol. The molecule has 0 aromatic heterocycles. The summed E-state index contributed by atoms with van der Waals surface area (Å²) >= 11 is 0. The van der Waals surface area contributed by atoms with E-state index >= 15 is 0 Å². The summed E-state index contributed by atoms with van der Waals surface area (Å²) in [6, 6.07) is 5.83. The first-order chi connectivity index (χ1) is 12.0. The Morgan fingerprint density at radius 3 is 2.27 bits per heavy atom. The Kier molecular flexibility index (Phi) is 5.90.